The molecule has 11 aromatic rings. The summed E-state index contributed by atoms with van der Waals surface area (Å²) in [7, 11) is -3.25. The zero-order valence-corrected chi connectivity index (χ0v) is 32.4. The molecule has 0 spiro atoms. The summed E-state index contributed by atoms with van der Waals surface area (Å²) in [5.74, 6) is 0. The van der Waals surface area contributed by atoms with E-state index in [1.54, 1.807) is 0 Å². The fourth-order valence-corrected chi connectivity index (χ4v) is 12.5. The van der Waals surface area contributed by atoms with Crippen molar-refractivity contribution in [2.75, 3.05) is 0 Å². The van der Waals surface area contributed by atoms with Crippen molar-refractivity contribution in [1.29, 1.82) is 0 Å². The maximum absolute atomic E-state index is 16.1. The predicted molar refractivity (Wildman–Crippen MR) is 244 cm³/mol. The SMILES string of the molecule is O=P1(c2ccccc2)c2ccc(-c3ccccc3)cc2-c2cc3c4cc(-c5ccccc5)ccc4n(-c4ccc5c(c4)c4ccccc4n5-c4ccccc4)c3cc21. The van der Waals surface area contributed by atoms with Gasteiger partial charge in [0.15, 0.2) is 7.14 Å². The van der Waals surface area contributed by atoms with Gasteiger partial charge in [-0.3, -0.25) is 0 Å². The van der Waals surface area contributed by atoms with E-state index < -0.39 is 7.14 Å². The average Bonchev–Trinajstić information content (AvgIpc) is 3.89. The lowest BCUT2D eigenvalue weighted by atomic mass is 9.97. The van der Waals surface area contributed by atoms with Gasteiger partial charge >= 0.3 is 0 Å². The molecule has 0 N–H and O–H groups in total. The molecule has 1 unspecified atom stereocenters. The number of para-hydroxylation sites is 2. The first-order valence-corrected chi connectivity index (χ1v) is 21.5. The summed E-state index contributed by atoms with van der Waals surface area (Å²) < 4.78 is 20.8. The standard InChI is InChI=1S/C54H35N2OP/c57-58(42-21-11-4-12-22-42)53-30-26-39(37-17-7-2-8-18-37)32-47(53)48-34-46-44-31-38(36-15-5-1-6-16-36)25-28-50(44)56(52(46)35-54(48)58)41-27-29-51-45(33-41)43-23-13-14-24-49(43)55(51)40-19-9-3-10-20-40/h1-35H. The Kier molecular flexibility index (Phi) is 7.20. The van der Waals surface area contributed by atoms with E-state index in [4.69, 9.17) is 0 Å². The van der Waals surface area contributed by atoms with Crippen molar-refractivity contribution in [2.45, 2.75) is 0 Å². The zero-order chi connectivity index (χ0) is 38.4. The fraction of sp³-hybridized carbons (Fsp3) is 0. The van der Waals surface area contributed by atoms with Gasteiger partial charge in [-0.25, -0.2) is 0 Å². The lowest BCUT2D eigenvalue weighted by Crippen LogP contribution is -2.20. The summed E-state index contributed by atoms with van der Waals surface area (Å²) in [4.78, 5) is 0. The molecule has 0 radical (unpaired) electrons. The molecule has 12 rings (SSSR count). The van der Waals surface area contributed by atoms with Gasteiger partial charge in [0, 0.05) is 48.8 Å². The maximum atomic E-state index is 16.1. The lowest BCUT2D eigenvalue weighted by molar-refractivity contribution is 0.593. The van der Waals surface area contributed by atoms with Gasteiger partial charge in [0.2, 0.25) is 0 Å². The summed E-state index contributed by atoms with van der Waals surface area (Å²) >= 11 is 0. The molecule has 4 heteroatoms. The van der Waals surface area contributed by atoms with E-state index in [1.807, 2.05) is 36.4 Å². The molecule has 0 fully saturated rings. The van der Waals surface area contributed by atoms with Crippen molar-refractivity contribution in [3.8, 4) is 44.8 Å². The van der Waals surface area contributed by atoms with Crippen LogP contribution in [0.15, 0.2) is 212 Å². The second-order valence-electron chi connectivity index (χ2n) is 15.3. The van der Waals surface area contributed by atoms with Crippen molar-refractivity contribution in [3.05, 3.63) is 212 Å². The Hall–Kier alpha value is -7.19. The van der Waals surface area contributed by atoms with Crippen LogP contribution in [0.1, 0.15) is 0 Å². The van der Waals surface area contributed by atoms with Crippen LogP contribution in [0.4, 0.5) is 0 Å². The van der Waals surface area contributed by atoms with E-state index in [2.05, 4.69) is 185 Å². The Balaban J connectivity index is 1.17. The molecule has 3 nitrogen and oxygen atoms in total. The van der Waals surface area contributed by atoms with E-state index >= 15 is 4.57 Å². The van der Waals surface area contributed by atoms with Crippen LogP contribution in [0.3, 0.4) is 0 Å². The Morgan fingerprint density at radius 2 is 0.828 bits per heavy atom. The second kappa shape index (κ2) is 12.7. The first-order valence-electron chi connectivity index (χ1n) is 19.8. The molecule has 1 aliphatic heterocycles. The molecule has 0 saturated carbocycles. The topological polar surface area (TPSA) is 26.9 Å². The van der Waals surface area contributed by atoms with Gasteiger partial charge in [-0.15, -0.1) is 0 Å². The number of benzene rings is 9. The van der Waals surface area contributed by atoms with Gasteiger partial charge in [0.1, 0.15) is 0 Å². The number of nitrogens with zero attached hydrogens (tertiary/aromatic N) is 2. The number of fused-ring (bicyclic) bond motifs is 9. The van der Waals surface area contributed by atoms with Crippen molar-refractivity contribution in [1.82, 2.24) is 9.13 Å². The van der Waals surface area contributed by atoms with Crippen LogP contribution >= 0.6 is 7.14 Å². The molecule has 0 saturated heterocycles. The molecule has 1 atom stereocenters. The molecule has 272 valence electrons. The Morgan fingerprint density at radius 1 is 0.310 bits per heavy atom. The summed E-state index contributed by atoms with van der Waals surface area (Å²) in [6.45, 7) is 0. The van der Waals surface area contributed by atoms with Crippen molar-refractivity contribution in [2.24, 2.45) is 0 Å². The van der Waals surface area contributed by atoms with Crippen LogP contribution < -0.4 is 15.9 Å². The number of aromatic nitrogens is 2. The van der Waals surface area contributed by atoms with E-state index in [0.29, 0.717) is 0 Å². The average molecular weight is 759 g/mol. The maximum Gasteiger partial charge on any atom is 0.172 e. The van der Waals surface area contributed by atoms with Crippen molar-refractivity contribution in [3.63, 3.8) is 0 Å². The monoisotopic (exact) mass is 758 g/mol. The van der Waals surface area contributed by atoms with Crippen LogP contribution in [-0.2, 0) is 4.57 Å². The zero-order valence-electron chi connectivity index (χ0n) is 31.5. The molecular weight excluding hydrogens is 724 g/mol. The Morgan fingerprint density at radius 3 is 1.55 bits per heavy atom. The third-order valence-corrected chi connectivity index (χ3v) is 15.3. The minimum atomic E-state index is -3.25. The highest BCUT2D eigenvalue weighted by atomic mass is 31.2. The number of hydrogen-bond donors (Lipinski definition) is 0. The molecule has 0 aliphatic carbocycles. The van der Waals surface area contributed by atoms with Crippen molar-refractivity contribution < 1.29 is 4.57 Å². The lowest BCUT2D eigenvalue weighted by Gasteiger charge is -2.17. The highest BCUT2D eigenvalue weighted by Crippen LogP contribution is 2.54. The van der Waals surface area contributed by atoms with Crippen molar-refractivity contribution >= 4 is 66.7 Å². The van der Waals surface area contributed by atoms with Crippen LogP contribution in [0.5, 0.6) is 0 Å². The first kappa shape index (κ1) is 33.0. The normalized spacial score (nSPS) is 14.7. The van der Waals surface area contributed by atoms with Crippen LogP contribution in [0, 0.1) is 0 Å². The number of rotatable bonds is 5. The highest BCUT2D eigenvalue weighted by molar-refractivity contribution is 7.86. The molecular formula is C54H35N2OP. The molecule has 0 bridgehead atoms. The largest absolute Gasteiger partial charge is 0.309 e. The quantitative estimate of drug-likeness (QED) is 0.161. The van der Waals surface area contributed by atoms with Gasteiger partial charge in [-0.2, -0.15) is 0 Å². The first-order chi connectivity index (χ1) is 28.6. The fourth-order valence-electron chi connectivity index (χ4n) is 9.46. The molecule has 3 heterocycles. The highest BCUT2D eigenvalue weighted by Gasteiger charge is 2.41. The van der Waals surface area contributed by atoms with E-state index in [9.17, 15) is 0 Å². The van der Waals surface area contributed by atoms with Gasteiger partial charge in [0.25, 0.3) is 0 Å². The molecule has 58 heavy (non-hydrogen) atoms. The Bertz CT molecular complexity index is 3460. The van der Waals surface area contributed by atoms with Gasteiger partial charge in [-0.1, -0.05) is 140 Å². The number of hydrogen-bond acceptors (Lipinski definition) is 1. The third-order valence-electron chi connectivity index (χ3n) is 12.1. The van der Waals surface area contributed by atoms with Crippen LogP contribution in [0.25, 0.3) is 88.4 Å². The smallest absolute Gasteiger partial charge is 0.172 e. The van der Waals surface area contributed by atoms with Crippen LogP contribution in [-0.4, -0.2) is 9.13 Å². The van der Waals surface area contributed by atoms with Gasteiger partial charge in [0.05, 0.1) is 22.1 Å². The van der Waals surface area contributed by atoms with Gasteiger partial charge < -0.3 is 13.7 Å². The van der Waals surface area contributed by atoms with E-state index in [1.165, 1.54) is 21.9 Å². The Labute approximate surface area is 336 Å². The summed E-state index contributed by atoms with van der Waals surface area (Å²) in [5.41, 5.74) is 13.3. The van der Waals surface area contributed by atoms with Crippen LogP contribution in [0.2, 0.25) is 0 Å². The summed E-state index contributed by atoms with van der Waals surface area (Å²) in [6.07, 6.45) is 0. The molecule has 9 aromatic carbocycles. The predicted octanol–water partition coefficient (Wildman–Crippen LogP) is 12.8. The van der Waals surface area contributed by atoms with E-state index in [0.717, 1.165) is 82.4 Å². The second-order valence-corrected chi connectivity index (χ2v) is 18.0. The molecule has 0 amide bonds. The van der Waals surface area contributed by atoms with E-state index in [-0.39, 0.29) is 0 Å². The third kappa shape index (κ3) is 4.78. The minimum Gasteiger partial charge on any atom is -0.309 e. The minimum absolute atomic E-state index is 0.853. The molecule has 2 aromatic heterocycles. The summed E-state index contributed by atoms with van der Waals surface area (Å²) in [6, 6.07) is 75.2. The van der Waals surface area contributed by atoms with Gasteiger partial charge in [-0.05, 0) is 106 Å². The summed E-state index contributed by atoms with van der Waals surface area (Å²) in [5, 5.41) is 7.33. The molecule has 1 aliphatic rings.